The number of fused-ring (bicyclic) bond motifs is 1. The first-order chi connectivity index (χ1) is 9.66. The lowest BCUT2D eigenvalue weighted by Gasteiger charge is -2.09. The molecule has 2 heterocycles. The van der Waals surface area contributed by atoms with E-state index in [9.17, 15) is 14.7 Å². The van der Waals surface area contributed by atoms with E-state index >= 15 is 0 Å². The zero-order chi connectivity index (χ0) is 14.1. The van der Waals surface area contributed by atoms with Gasteiger partial charge in [0.05, 0.1) is 11.3 Å². The Morgan fingerprint density at radius 2 is 2.00 bits per heavy atom. The second-order valence-corrected chi connectivity index (χ2v) is 4.63. The smallest absolute Gasteiger partial charge is 0.312 e. The van der Waals surface area contributed by atoms with Crippen LogP contribution in [0.2, 0.25) is 0 Å². The number of esters is 1. The predicted molar refractivity (Wildman–Crippen MR) is 70.8 cm³/mol. The SMILES string of the molecule is O=C1CCCn2c(ccc2C(=O)c2ccccc2O)O1. The van der Waals surface area contributed by atoms with Crippen LogP contribution in [-0.2, 0) is 11.3 Å². The summed E-state index contributed by atoms with van der Waals surface area (Å²) in [4.78, 5) is 23.9. The Morgan fingerprint density at radius 3 is 2.80 bits per heavy atom. The van der Waals surface area contributed by atoms with E-state index in [4.69, 9.17) is 4.74 Å². The summed E-state index contributed by atoms with van der Waals surface area (Å²) in [7, 11) is 0. The highest BCUT2D eigenvalue weighted by molar-refractivity contribution is 6.10. The summed E-state index contributed by atoms with van der Waals surface area (Å²) in [6, 6.07) is 9.62. The van der Waals surface area contributed by atoms with Gasteiger partial charge in [0.2, 0.25) is 11.7 Å². The van der Waals surface area contributed by atoms with Crippen LogP contribution in [0.1, 0.15) is 28.9 Å². The van der Waals surface area contributed by atoms with E-state index in [-0.39, 0.29) is 23.1 Å². The van der Waals surface area contributed by atoms with Crippen LogP contribution in [0.5, 0.6) is 11.6 Å². The zero-order valence-electron chi connectivity index (χ0n) is 10.7. The van der Waals surface area contributed by atoms with Crippen molar-refractivity contribution in [2.24, 2.45) is 0 Å². The van der Waals surface area contributed by atoms with Crippen molar-refractivity contribution in [1.82, 2.24) is 4.57 Å². The molecule has 1 aromatic carbocycles. The molecule has 3 rings (SSSR count). The minimum absolute atomic E-state index is 0.0568. The Balaban J connectivity index is 2.02. The first-order valence-electron chi connectivity index (χ1n) is 6.40. The topological polar surface area (TPSA) is 68.5 Å². The lowest BCUT2D eigenvalue weighted by Crippen LogP contribution is -2.11. The van der Waals surface area contributed by atoms with Gasteiger partial charge in [-0.3, -0.25) is 9.59 Å². The minimum atomic E-state index is -0.289. The maximum Gasteiger partial charge on any atom is 0.312 e. The Bertz CT molecular complexity index is 687. The van der Waals surface area contributed by atoms with E-state index in [0.717, 1.165) is 0 Å². The second-order valence-electron chi connectivity index (χ2n) is 4.63. The van der Waals surface area contributed by atoms with Crippen molar-refractivity contribution in [3.63, 3.8) is 0 Å². The normalized spacial score (nSPS) is 14.3. The molecule has 20 heavy (non-hydrogen) atoms. The lowest BCUT2D eigenvalue weighted by atomic mass is 10.1. The third-order valence-corrected chi connectivity index (χ3v) is 3.30. The Hall–Kier alpha value is -2.56. The summed E-state index contributed by atoms with van der Waals surface area (Å²) in [6.45, 7) is 0.544. The zero-order valence-corrected chi connectivity index (χ0v) is 10.7. The number of aromatic nitrogens is 1. The van der Waals surface area contributed by atoms with Crippen LogP contribution < -0.4 is 4.74 Å². The fraction of sp³-hybridized carbons (Fsp3) is 0.200. The Kier molecular flexibility index (Phi) is 3.02. The van der Waals surface area contributed by atoms with Crippen molar-refractivity contribution in [1.29, 1.82) is 0 Å². The molecule has 0 radical (unpaired) electrons. The van der Waals surface area contributed by atoms with Crippen LogP contribution in [-0.4, -0.2) is 21.4 Å². The molecule has 102 valence electrons. The molecular formula is C15H13NO4. The maximum absolute atomic E-state index is 12.5. The molecule has 0 unspecified atom stereocenters. The summed E-state index contributed by atoms with van der Waals surface area (Å²) in [5.74, 6) is -0.249. The number of aromatic hydroxyl groups is 1. The molecule has 0 amide bonds. The van der Waals surface area contributed by atoms with E-state index in [1.165, 1.54) is 6.07 Å². The lowest BCUT2D eigenvalue weighted by molar-refractivity contribution is -0.134. The van der Waals surface area contributed by atoms with Crippen molar-refractivity contribution < 1.29 is 19.4 Å². The number of benzene rings is 1. The molecule has 0 atom stereocenters. The number of nitrogens with zero attached hydrogens (tertiary/aromatic N) is 1. The number of phenols is 1. The summed E-state index contributed by atoms with van der Waals surface area (Å²) in [5, 5.41) is 9.77. The highest BCUT2D eigenvalue weighted by atomic mass is 16.5. The number of hydrogen-bond donors (Lipinski definition) is 1. The van der Waals surface area contributed by atoms with E-state index < -0.39 is 0 Å². The highest BCUT2D eigenvalue weighted by Crippen LogP contribution is 2.26. The van der Waals surface area contributed by atoms with Gasteiger partial charge in [0.25, 0.3) is 0 Å². The molecular weight excluding hydrogens is 258 g/mol. The highest BCUT2D eigenvalue weighted by Gasteiger charge is 2.22. The van der Waals surface area contributed by atoms with Gasteiger partial charge in [0.1, 0.15) is 5.75 Å². The van der Waals surface area contributed by atoms with Crippen LogP contribution in [0.4, 0.5) is 0 Å². The second kappa shape index (κ2) is 4.85. The molecule has 1 aliphatic rings. The van der Waals surface area contributed by atoms with Crippen molar-refractivity contribution in [3.05, 3.63) is 47.7 Å². The number of carbonyl (C=O) groups excluding carboxylic acids is 2. The van der Waals surface area contributed by atoms with Crippen LogP contribution in [0.25, 0.3) is 0 Å². The summed E-state index contributed by atoms with van der Waals surface area (Å²) < 4.78 is 6.84. The standard InChI is InChI=1S/C15H13NO4/c17-12-5-2-1-4-10(12)15(19)11-7-8-13-16(11)9-3-6-14(18)20-13/h1-2,4-5,7-8,17H,3,6,9H2. The third-order valence-electron chi connectivity index (χ3n) is 3.30. The van der Waals surface area contributed by atoms with Gasteiger partial charge in [-0.15, -0.1) is 0 Å². The van der Waals surface area contributed by atoms with Crippen LogP contribution in [0.3, 0.4) is 0 Å². The van der Waals surface area contributed by atoms with E-state index in [0.29, 0.717) is 31.0 Å². The monoisotopic (exact) mass is 271 g/mol. The molecule has 0 saturated carbocycles. The number of hydrogen-bond acceptors (Lipinski definition) is 4. The van der Waals surface area contributed by atoms with Crippen molar-refractivity contribution in [2.45, 2.75) is 19.4 Å². The summed E-state index contributed by atoms with van der Waals surface area (Å²) in [5.41, 5.74) is 0.653. The minimum Gasteiger partial charge on any atom is -0.507 e. The largest absolute Gasteiger partial charge is 0.507 e. The quantitative estimate of drug-likeness (QED) is 0.671. The molecule has 0 aliphatic carbocycles. The van der Waals surface area contributed by atoms with E-state index in [1.807, 2.05) is 0 Å². The summed E-state index contributed by atoms with van der Waals surface area (Å²) >= 11 is 0. The van der Waals surface area contributed by atoms with Crippen LogP contribution in [0, 0.1) is 0 Å². The molecule has 0 spiro atoms. The summed E-state index contributed by atoms with van der Waals surface area (Å²) in [6.07, 6.45) is 0.966. The van der Waals surface area contributed by atoms with Gasteiger partial charge in [-0.25, -0.2) is 0 Å². The average molecular weight is 271 g/mol. The van der Waals surface area contributed by atoms with Gasteiger partial charge in [0.15, 0.2) is 0 Å². The first-order valence-corrected chi connectivity index (χ1v) is 6.40. The van der Waals surface area contributed by atoms with Crippen LogP contribution >= 0.6 is 0 Å². The number of rotatable bonds is 2. The molecule has 1 aliphatic heterocycles. The number of ketones is 1. The van der Waals surface area contributed by atoms with Gasteiger partial charge in [-0.2, -0.15) is 0 Å². The van der Waals surface area contributed by atoms with Gasteiger partial charge >= 0.3 is 5.97 Å². The molecule has 1 N–H and O–H groups in total. The molecule has 0 saturated heterocycles. The molecule has 1 aromatic heterocycles. The first kappa shape index (κ1) is 12.5. The van der Waals surface area contributed by atoms with Gasteiger partial charge in [0, 0.05) is 19.0 Å². The fourth-order valence-electron chi connectivity index (χ4n) is 2.32. The number of carbonyl (C=O) groups is 2. The molecule has 0 fully saturated rings. The van der Waals surface area contributed by atoms with Crippen LogP contribution in [0.15, 0.2) is 36.4 Å². The van der Waals surface area contributed by atoms with Crippen molar-refractivity contribution in [3.8, 4) is 11.6 Å². The number of phenolic OH excluding ortho intramolecular Hbond substituents is 1. The average Bonchev–Trinajstić information content (AvgIpc) is 2.72. The number of para-hydroxylation sites is 1. The van der Waals surface area contributed by atoms with Gasteiger partial charge in [-0.1, -0.05) is 12.1 Å². The Labute approximate surface area is 115 Å². The van der Waals surface area contributed by atoms with Crippen molar-refractivity contribution in [2.75, 3.05) is 0 Å². The van der Waals surface area contributed by atoms with E-state index in [2.05, 4.69) is 0 Å². The predicted octanol–water partition coefficient (Wildman–Crippen LogP) is 2.12. The molecule has 0 bridgehead atoms. The third kappa shape index (κ3) is 2.07. The Morgan fingerprint density at radius 1 is 1.20 bits per heavy atom. The van der Waals surface area contributed by atoms with Gasteiger partial charge < -0.3 is 14.4 Å². The fourth-order valence-corrected chi connectivity index (χ4v) is 2.32. The number of ether oxygens (including phenoxy) is 1. The molecule has 2 aromatic rings. The van der Waals surface area contributed by atoms with E-state index in [1.54, 1.807) is 34.9 Å². The maximum atomic E-state index is 12.5. The molecule has 5 heteroatoms. The van der Waals surface area contributed by atoms with Crippen molar-refractivity contribution >= 4 is 11.8 Å². The van der Waals surface area contributed by atoms with Gasteiger partial charge in [-0.05, 0) is 24.6 Å². The molecule has 5 nitrogen and oxygen atoms in total.